The second-order valence-corrected chi connectivity index (χ2v) is 10.3. The molecule has 0 aliphatic carbocycles. The number of carbonyl (C=O) groups is 2. The minimum atomic E-state index is -0.439. The van der Waals surface area contributed by atoms with Crippen molar-refractivity contribution in [2.75, 3.05) is 11.1 Å². The molecular weight excluding hydrogens is 573 g/mol. The molecule has 1 aromatic heterocycles. The second-order valence-electron chi connectivity index (χ2n) is 7.29. The van der Waals surface area contributed by atoms with Gasteiger partial charge in [-0.25, -0.2) is 4.98 Å². The van der Waals surface area contributed by atoms with E-state index in [1.165, 1.54) is 17.8 Å². The fourth-order valence-electron chi connectivity index (χ4n) is 2.81. The molecule has 0 unspecified atom stereocenters. The first-order valence-corrected chi connectivity index (χ1v) is 12.6. The monoisotopic (exact) mass is 589 g/mol. The zero-order valence-electron chi connectivity index (χ0n) is 17.5. The number of benzene rings is 2. The molecule has 3 rings (SSSR count). The SMILES string of the molecule is CC(C)[C@H](NC(=O)c1ccc(Cl)cc1Cl)c1nc(SCC(=O)Nc2ccc(Cl)c(Br)c2)n[nH]1. The maximum Gasteiger partial charge on any atom is 0.253 e. The first kappa shape index (κ1) is 25.8. The van der Waals surface area contributed by atoms with Gasteiger partial charge in [0.2, 0.25) is 11.1 Å². The van der Waals surface area contributed by atoms with Crippen LogP contribution < -0.4 is 10.6 Å². The summed E-state index contributed by atoms with van der Waals surface area (Å²) < 4.78 is 0.690. The van der Waals surface area contributed by atoms with E-state index >= 15 is 0 Å². The Morgan fingerprint density at radius 2 is 1.88 bits per heavy atom. The number of aromatic nitrogens is 3. The predicted molar refractivity (Wildman–Crippen MR) is 136 cm³/mol. The van der Waals surface area contributed by atoms with E-state index in [2.05, 4.69) is 41.7 Å². The Bertz CT molecular complexity index is 1170. The Morgan fingerprint density at radius 3 is 2.55 bits per heavy atom. The summed E-state index contributed by atoms with van der Waals surface area (Å²) in [5.74, 6) is 0.0305. The van der Waals surface area contributed by atoms with Crippen LogP contribution in [0.15, 0.2) is 46.0 Å². The van der Waals surface area contributed by atoms with Crippen molar-refractivity contribution >= 4 is 80.0 Å². The topological polar surface area (TPSA) is 99.8 Å². The second kappa shape index (κ2) is 11.6. The summed E-state index contributed by atoms with van der Waals surface area (Å²) in [7, 11) is 0. The van der Waals surface area contributed by atoms with Gasteiger partial charge in [-0.2, -0.15) is 0 Å². The molecule has 0 saturated heterocycles. The van der Waals surface area contributed by atoms with Crippen molar-refractivity contribution in [1.82, 2.24) is 20.5 Å². The summed E-state index contributed by atoms with van der Waals surface area (Å²) in [4.78, 5) is 29.4. The number of carbonyl (C=O) groups excluding carboxylic acids is 2. The highest BCUT2D eigenvalue weighted by atomic mass is 79.9. The summed E-state index contributed by atoms with van der Waals surface area (Å²) in [6, 6.07) is 9.36. The van der Waals surface area contributed by atoms with Crippen LogP contribution >= 0.6 is 62.5 Å². The highest BCUT2D eigenvalue weighted by molar-refractivity contribution is 9.10. The van der Waals surface area contributed by atoms with Crippen molar-refractivity contribution in [1.29, 1.82) is 0 Å². The van der Waals surface area contributed by atoms with E-state index in [-0.39, 0.29) is 28.5 Å². The van der Waals surface area contributed by atoms with Crippen LogP contribution in [0.1, 0.15) is 36.1 Å². The standard InChI is InChI=1S/C21H19BrCl3N5O2S/c1-10(2)18(27-20(32)13-5-3-11(23)7-16(13)25)19-28-21(30-29-19)33-9-17(31)26-12-4-6-15(24)14(22)8-12/h3-8,10,18H,9H2,1-2H3,(H,26,31)(H,27,32)(H,28,29,30)/t18-/m0/s1. The molecule has 0 fully saturated rings. The van der Waals surface area contributed by atoms with E-state index in [1.54, 1.807) is 30.3 Å². The van der Waals surface area contributed by atoms with E-state index < -0.39 is 6.04 Å². The highest BCUT2D eigenvalue weighted by Gasteiger charge is 2.24. The quantitative estimate of drug-likeness (QED) is 0.264. The van der Waals surface area contributed by atoms with Crippen molar-refractivity contribution in [3.63, 3.8) is 0 Å². The molecule has 0 aliphatic rings. The van der Waals surface area contributed by atoms with Crippen LogP contribution in [-0.4, -0.2) is 32.7 Å². The van der Waals surface area contributed by atoms with Crippen molar-refractivity contribution in [3.05, 3.63) is 67.3 Å². The molecule has 1 atom stereocenters. The predicted octanol–water partition coefficient (Wildman–Crippen LogP) is 6.39. The number of amides is 2. The number of H-pyrrole nitrogens is 1. The van der Waals surface area contributed by atoms with E-state index in [9.17, 15) is 9.59 Å². The zero-order valence-corrected chi connectivity index (χ0v) is 22.1. The molecule has 3 N–H and O–H groups in total. The van der Waals surface area contributed by atoms with Gasteiger partial charge in [-0.15, -0.1) is 5.10 Å². The number of thioether (sulfide) groups is 1. The molecule has 0 bridgehead atoms. The molecule has 2 amide bonds. The first-order valence-electron chi connectivity index (χ1n) is 9.70. The minimum absolute atomic E-state index is 0.0116. The van der Waals surface area contributed by atoms with Gasteiger partial charge in [0.25, 0.3) is 5.91 Å². The molecule has 7 nitrogen and oxygen atoms in total. The maximum absolute atomic E-state index is 12.7. The third-order valence-corrected chi connectivity index (χ3v) is 7.05. The molecule has 1 heterocycles. The molecule has 0 radical (unpaired) electrons. The number of nitrogens with one attached hydrogen (secondary N) is 3. The van der Waals surface area contributed by atoms with Crippen LogP contribution in [-0.2, 0) is 4.79 Å². The molecular formula is C21H19BrCl3N5O2S. The van der Waals surface area contributed by atoms with Gasteiger partial charge < -0.3 is 10.6 Å². The normalized spacial score (nSPS) is 12.0. The van der Waals surface area contributed by atoms with Crippen molar-refractivity contribution in [2.24, 2.45) is 5.92 Å². The summed E-state index contributed by atoms with van der Waals surface area (Å²) >= 11 is 22.5. The highest BCUT2D eigenvalue weighted by Crippen LogP contribution is 2.27. The molecule has 33 heavy (non-hydrogen) atoms. The fraction of sp³-hybridized carbons (Fsp3) is 0.238. The Balaban J connectivity index is 1.62. The maximum atomic E-state index is 12.7. The summed E-state index contributed by atoms with van der Waals surface area (Å²) in [6.07, 6.45) is 0. The van der Waals surface area contributed by atoms with Crippen molar-refractivity contribution < 1.29 is 9.59 Å². The Hall–Kier alpha value is -1.78. The smallest absolute Gasteiger partial charge is 0.253 e. The summed E-state index contributed by atoms with van der Waals surface area (Å²) in [6.45, 7) is 3.89. The van der Waals surface area contributed by atoms with Crippen molar-refractivity contribution in [3.8, 4) is 0 Å². The lowest BCUT2D eigenvalue weighted by atomic mass is 10.0. The molecule has 0 aliphatic heterocycles. The number of hydrogen-bond donors (Lipinski definition) is 3. The van der Waals surface area contributed by atoms with Gasteiger partial charge in [-0.3, -0.25) is 14.7 Å². The van der Waals surface area contributed by atoms with Crippen LogP contribution in [0.3, 0.4) is 0 Å². The average molecular weight is 592 g/mol. The Morgan fingerprint density at radius 1 is 1.12 bits per heavy atom. The third kappa shape index (κ3) is 7.10. The van der Waals surface area contributed by atoms with Gasteiger partial charge in [0.15, 0.2) is 0 Å². The van der Waals surface area contributed by atoms with Crippen LogP contribution in [0.25, 0.3) is 0 Å². The van der Waals surface area contributed by atoms with Gasteiger partial charge in [-0.1, -0.05) is 60.4 Å². The minimum Gasteiger partial charge on any atom is -0.342 e. The van der Waals surface area contributed by atoms with Crippen molar-refractivity contribution in [2.45, 2.75) is 25.0 Å². The largest absolute Gasteiger partial charge is 0.342 e. The molecule has 2 aromatic carbocycles. The average Bonchev–Trinajstić information content (AvgIpc) is 3.21. The first-order chi connectivity index (χ1) is 15.6. The summed E-state index contributed by atoms with van der Waals surface area (Å²) in [5, 5.41) is 14.4. The van der Waals surface area contributed by atoms with Crippen LogP contribution in [0.4, 0.5) is 5.69 Å². The van der Waals surface area contributed by atoms with Gasteiger partial charge in [0.1, 0.15) is 5.82 Å². The number of aromatic amines is 1. The Labute approximate surface area is 218 Å². The van der Waals surface area contributed by atoms with Crippen LogP contribution in [0, 0.1) is 5.92 Å². The van der Waals surface area contributed by atoms with Crippen LogP contribution in [0.2, 0.25) is 15.1 Å². The van der Waals surface area contributed by atoms with Crippen LogP contribution in [0.5, 0.6) is 0 Å². The lowest BCUT2D eigenvalue weighted by Gasteiger charge is -2.20. The van der Waals surface area contributed by atoms with Gasteiger partial charge in [-0.05, 0) is 58.2 Å². The van der Waals surface area contributed by atoms with E-state index in [4.69, 9.17) is 34.8 Å². The lowest BCUT2D eigenvalue weighted by Crippen LogP contribution is -2.32. The number of hydrogen-bond acceptors (Lipinski definition) is 5. The molecule has 0 saturated carbocycles. The fourth-order valence-corrected chi connectivity index (χ4v) is 4.40. The summed E-state index contributed by atoms with van der Waals surface area (Å²) in [5.41, 5.74) is 0.933. The van der Waals surface area contributed by atoms with E-state index in [1.807, 2.05) is 13.8 Å². The van der Waals surface area contributed by atoms with E-state index in [0.29, 0.717) is 36.7 Å². The lowest BCUT2D eigenvalue weighted by molar-refractivity contribution is -0.113. The number of nitrogens with zero attached hydrogens (tertiary/aromatic N) is 2. The van der Waals surface area contributed by atoms with Gasteiger partial charge >= 0.3 is 0 Å². The van der Waals surface area contributed by atoms with E-state index in [0.717, 1.165) is 0 Å². The molecule has 0 spiro atoms. The third-order valence-electron chi connectivity index (χ3n) is 4.44. The Kier molecular flexibility index (Phi) is 9.06. The molecule has 3 aromatic rings. The van der Waals surface area contributed by atoms with Gasteiger partial charge in [0, 0.05) is 15.2 Å². The number of anilines is 1. The van der Waals surface area contributed by atoms with Gasteiger partial charge in [0.05, 0.1) is 27.4 Å². The zero-order chi connectivity index (χ0) is 24.1. The molecule has 12 heteroatoms. The number of halogens is 4. The number of rotatable bonds is 8. The molecule has 174 valence electrons.